The van der Waals surface area contributed by atoms with Gasteiger partial charge < -0.3 is 10.3 Å². The number of halogens is 1. The van der Waals surface area contributed by atoms with Gasteiger partial charge in [0.15, 0.2) is 0 Å². The van der Waals surface area contributed by atoms with Gasteiger partial charge >= 0.3 is 0 Å². The Morgan fingerprint density at radius 1 is 1.48 bits per heavy atom. The third kappa shape index (κ3) is 3.64. The van der Waals surface area contributed by atoms with Crippen LogP contribution < -0.4 is 10.9 Å². The SMILES string of the molecule is CCC(Nc1cnn(CC(C)C)c(=O)c1Cl)c1ncc[nH]1. The summed E-state index contributed by atoms with van der Waals surface area (Å²) in [5, 5.41) is 7.56. The van der Waals surface area contributed by atoms with Gasteiger partial charge in [-0.15, -0.1) is 0 Å². The molecule has 6 nitrogen and oxygen atoms in total. The molecule has 2 aromatic rings. The third-order valence-electron chi connectivity index (χ3n) is 3.11. The highest BCUT2D eigenvalue weighted by molar-refractivity contribution is 6.32. The van der Waals surface area contributed by atoms with Crippen molar-refractivity contribution in [2.24, 2.45) is 5.92 Å². The zero-order valence-electron chi connectivity index (χ0n) is 12.4. The van der Waals surface area contributed by atoms with E-state index in [4.69, 9.17) is 11.6 Å². The molecule has 0 fully saturated rings. The lowest BCUT2D eigenvalue weighted by molar-refractivity contribution is 0.464. The maximum absolute atomic E-state index is 12.2. The van der Waals surface area contributed by atoms with Crippen LogP contribution in [0.2, 0.25) is 5.02 Å². The number of anilines is 1. The molecule has 21 heavy (non-hydrogen) atoms. The molecule has 0 aromatic carbocycles. The molecule has 1 atom stereocenters. The number of aromatic amines is 1. The zero-order valence-corrected chi connectivity index (χ0v) is 13.2. The van der Waals surface area contributed by atoms with Crippen LogP contribution in [-0.2, 0) is 6.54 Å². The van der Waals surface area contributed by atoms with Crippen LogP contribution in [0.5, 0.6) is 0 Å². The highest BCUT2D eigenvalue weighted by Crippen LogP contribution is 2.23. The molecule has 0 aliphatic heterocycles. The van der Waals surface area contributed by atoms with Gasteiger partial charge in [0.05, 0.1) is 17.9 Å². The average Bonchev–Trinajstić information content (AvgIpc) is 2.97. The second-order valence-corrected chi connectivity index (χ2v) is 5.71. The van der Waals surface area contributed by atoms with Crippen molar-refractivity contribution >= 4 is 17.3 Å². The van der Waals surface area contributed by atoms with Gasteiger partial charge in [-0.3, -0.25) is 4.79 Å². The summed E-state index contributed by atoms with van der Waals surface area (Å²) in [5.41, 5.74) is 0.259. The number of nitrogens with one attached hydrogen (secondary N) is 2. The Morgan fingerprint density at radius 3 is 2.81 bits per heavy atom. The molecule has 0 aliphatic carbocycles. The van der Waals surface area contributed by atoms with Crippen LogP contribution in [0.3, 0.4) is 0 Å². The highest BCUT2D eigenvalue weighted by atomic mass is 35.5. The van der Waals surface area contributed by atoms with Crippen molar-refractivity contribution in [3.05, 3.63) is 39.8 Å². The van der Waals surface area contributed by atoms with Gasteiger partial charge in [-0.2, -0.15) is 5.10 Å². The Bertz CT molecular complexity index is 635. The number of hydrogen-bond acceptors (Lipinski definition) is 4. The monoisotopic (exact) mass is 309 g/mol. The van der Waals surface area contributed by atoms with E-state index in [0.717, 1.165) is 12.2 Å². The maximum atomic E-state index is 12.2. The molecule has 2 N–H and O–H groups in total. The van der Waals surface area contributed by atoms with Crippen LogP contribution in [0, 0.1) is 5.92 Å². The minimum Gasteiger partial charge on any atom is -0.372 e. The minimum absolute atomic E-state index is 0.0420. The predicted octanol–water partition coefficient (Wildman–Crippen LogP) is 2.84. The molecule has 1 unspecified atom stereocenters. The smallest absolute Gasteiger partial charge is 0.287 e. The lowest BCUT2D eigenvalue weighted by Crippen LogP contribution is -2.26. The number of aromatic nitrogens is 4. The van der Waals surface area contributed by atoms with Crippen molar-refractivity contribution in [1.29, 1.82) is 0 Å². The van der Waals surface area contributed by atoms with Crippen molar-refractivity contribution in [2.45, 2.75) is 39.8 Å². The fourth-order valence-electron chi connectivity index (χ4n) is 2.06. The largest absolute Gasteiger partial charge is 0.372 e. The molecule has 2 heterocycles. The fourth-order valence-corrected chi connectivity index (χ4v) is 2.26. The lowest BCUT2D eigenvalue weighted by Gasteiger charge is -2.17. The van der Waals surface area contributed by atoms with Gasteiger partial charge in [0.25, 0.3) is 5.56 Å². The molecule has 114 valence electrons. The Balaban J connectivity index is 2.25. The number of imidazole rings is 1. The van der Waals surface area contributed by atoms with Gasteiger partial charge in [-0.1, -0.05) is 32.4 Å². The van der Waals surface area contributed by atoms with Crippen LogP contribution in [-0.4, -0.2) is 19.7 Å². The Morgan fingerprint density at radius 2 is 2.24 bits per heavy atom. The van der Waals surface area contributed by atoms with Crippen molar-refractivity contribution in [1.82, 2.24) is 19.7 Å². The first-order valence-electron chi connectivity index (χ1n) is 7.04. The van der Waals surface area contributed by atoms with Crippen molar-refractivity contribution in [3.8, 4) is 0 Å². The Labute approximate surface area is 128 Å². The molecule has 0 saturated heterocycles. The molecule has 0 spiro atoms. The van der Waals surface area contributed by atoms with Gasteiger partial charge in [0.1, 0.15) is 10.8 Å². The molecular formula is C14H20ClN5O. The fraction of sp³-hybridized carbons (Fsp3) is 0.500. The minimum atomic E-state index is -0.273. The summed E-state index contributed by atoms with van der Waals surface area (Å²) in [4.78, 5) is 19.5. The number of hydrogen-bond donors (Lipinski definition) is 2. The Kier molecular flexibility index (Phi) is 5.01. The lowest BCUT2D eigenvalue weighted by atomic mass is 10.2. The number of rotatable bonds is 6. The summed E-state index contributed by atoms with van der Waals surface area (Å²) < 4.78 is 1.39. The number of H-pyrrole nitrogens is 1. The number of nitrogens with zero attached hydrogens (tertiary/aromatic N) is 3. The van der Waals surface area contributed by atoms with Crippen LogP contribution in [0.4, 0.5) is 5.69 Å². The van der Waals surface area contributed by atoms with Gasteiger partial charge in [0.2, 0.25) is 0 Å². The summed E-state index contributed by atoms with van der Waals surface area (Å²) in [6, 6.07) is -0.0420. The molecule has 7 heteroatoms. The molecule has 2 aromatic heterocycles. The zero-order chi connectivity index (χ0) is 15.4. The normalized spacial score (nSPS) is 12.6. The van der Waals surface area contributed by atoms with E-state index < -0.39 is 0 Å². The third-order valence-corrected chi connectivity index (χ3v) is 3.48. The first-order chi connectivity index (χ1) is 10.0. The van der Waals surface area contributed by atoms with Crippen molar-refractivity contribution in [2.75, 3.05) is 5.32 Å². The van der Waals surface area contributed by atoms with E-state index in [1.54, 1.807) is 18.6 Å². The van der Waals surface area contributed by atoms with Crippen LogP contribution >= 0.6 is 11.6 Å². The molecule has 0 radical (unpaired) electrons. The van der Waals surface area contributed by atoms with Crippen molar-refractivity contribution in [3.63, 3.8) is 0 Å². The van der Waals surface area contributed by atoms with Crippen LogP contribution in [0.1, 0.15) is 39.1 Å². The van der Waals surface area contributed by atoms with E-state index in [1.165, 1.54) is 4.68 Å². The first kappa shape index (κ1) is 15.6. The van der Waals surface area contributed by atoms with E-state index in [-0.39, 0.29) is 16.6 Å². The van der Waals surface area contributed by atoms with Crippen molar-refractivity contribution < 1.29 is 0 Å². The van der Waals surface area contributed by atoms with E-state index in [9.17, 15) is 4.79 Å². The van der Waals surface area contributed by atoms with Gasteiger partial charge in [-0.05, 0) is 12.3 Å². The summed E-state index contributed by atoms with van der Waals surface area (Å²) >= 11 is 6.18. The summed E-state index contributed by atoms with van der Waals surface area (Å²) in [6.07, 6.45) is 5.86. The quantitative estimate of drug-likeness (QED) is 0.860. The molecule has 2 rings (SSSR count). The average molecular weight is 310 g/mol. The molecule has 0 amide bonds. The maximum Gasteiger partial charge on any atom is 0.287 e. The van der Waals surface area contributed by atoms with Gasteiger partial charge in [0, 0.05) is 18.9 Å². The van der Waals surface area contributed by atoms with E-state index in [0.29, 0.717) is 18.2 Å². The predicted molar refractivity (Wildman–Crippen MR) is 83.6 cm³/mol. The topological polar surface area (TPSA) is 75.6 Å². The van der Waals surface area contributed by atoms with Gasteiger partial charge in [-0.25, -0.2) is 9.67 Å². The van der Waals surface area contributed by atoms with E-state index in [1.807, 2.05) is 20.8 Å². The molecule has 0 saturated carbocycles. The molecular weight excluding hydrogens is 290 g/mol. The molecule has 0 bridgehead atoms. The standard InChI is InChI=1S/C14H20ClN5O/c1-4-10(13-16-5-6-17-13)19-11-7-18-20(8-9(2)3)14(21)12(11)15/h5-7,9-10,19H,4,8H2,1-3H3,(H,16,17). The summed E-state index contributed by atoms with van der Waals surface area (Å²) in [5.74, 6) is 1.14. The second-order valence-electron chi connectivity index (χ2n) is 5.33. The highest BCUT2D eigenvalue weighted by Gasteiger charge is 2.16. The Hall–Kier alpha value is -1.82. The second kappa shape index (κ2) is 6.76. The van der Waals surface area contributed by atoms with Crippen LogP contribution in [0.15, 0.2) is 23.4 Å². The van der Waals surface area contributed by atoms with E-state index in [2.05, 4.69) is 20.4 Å². The molecule has 0 aliphatic rings. The van der Waals surface area contributed by atoms with E-state index >= 15 is 0 Å². The summed E-state index contributed by atoms with van der Waals surface area (Å²) in [7, 11) is 0. The van der Waals surface area contributed by atoms with Crippen LogP contribution in [0.25, 0.3) is 0 Å². The first-order valence-corrected chi connectivity index (χ1v) is 7.42. The summed E-state index contributed by atoms with van der Waals surface area (Å²) in [6.45, 7) is 6.63.